The first kappa shape index (κ1) is 19.0. The molecule has 0 spiro atoms. The van der Waals surface area contributed by atoms with Gasteiger partial charge in [-0.25, -0.2) is 0 Å². The van der Waals surface area contributed by atoms with E-state index in [0.29, 0.717) is 19.3 Å². The SMILES string of the molecule is CCCc1ccc(CC(=O)CCc2nnc(-c3ccncc3)n2CC)cc1. The molecular weight excluding hydrogens is 336 g/mol. The zero-order chi connectivity index (χ0) is 19.1. The van der Waals surface area contributed by atoms with Crippen LogP contribution in [-0.2, 0) is 30.6 Å². The van der Waals surface area contributed by atoms with Crippen molar-refractivity contribution in [2.24, 2.45) is 0 Å². The van der Waals surface area contributed by atoms with Gasteiger partial charge in [-0.3, -0.25) is 9.78 Å². The normalized spacial score (nSPS) is 10.9. The van der Waals surface area contributed by atoms with Crippen LogP contribution in [0.1, 0.15) is 43.6 Å². The summed E-state index contributed by atoms with van der Waals surface area (Å²) in [5, 5.41) is 8.63. The Balaban J connectivity index is 1.61. The largest absolute Gasteiger partial charge is 0.311 e. The molecule has 3 rings (SSSR count). The van der Waals surface area contributed by atoms with Gasteiger partial charge >= 0.3 is 0 Å². The summed E-state index contributed by atoms with van der Waals surface area (Å²) in [7, 11) is 0. The molecule has 27 heavy (non-hydrogen) atoms. The highest BCUT2D eigenvalue weighted by Crippen LogP contribution is 2.18. The lowest BCUT2D eigenvalue weighted by Gasteiger charge is -2.07. The van der Waals surface area contributed by atoms with Crippen LogP contribution in [0.3, 0.4) is 0 Å². The van der Waals surface area contributed by atoms with Crippen LogP contribution in [0.25, 0.3) is 11.4 Å². The van der Waals surface area contributed by atoms with Gasteiger partial charge in [-0.15, -0.1) is 10.2 Å². The molecule has 2 heterocycles. The Morgan fingerprint density at radius 2 is 1.63 bits per heavy atom. The van der Waals surface area contributed by atoms with E-state index in [2.05, 4.69) is 57.9 Å². The van der Waals surface area contributed by atoms with Crippen LogP contribution in [0.15, 0.2) is 48.8 Å². The molecule has 0 unspecified atom stereocenters. The van der Waals surface area contributed by atoms with Crippen molar-refractivity contribution in [3.63, 3.8) is 0 Å². The Kier molecular flexibility index (Phi) is 6.47. The van der Waals surface area contributed by atoms with Crippen molar-refractivity contribution in [3.05, 3.63) is 65.7 Å². The van der Waals surface area contributed by atoms with E-state index >= 15 is 0 Å². The zero-order valence-corrected chi connectivity index (χ0v) is 16.1. The van der Waals surface area contributed by atoms with E-state index in [1.807, 2.05) is 12.1 Å². The van der Waals surface area contributed by atoms with Gasteiger partial charge in [0.2, 0.25) is 0 Å². The first-order valence-electron chi connectivity index (χ1n) is 9.63. The zero-order valence-electron chi connectivity index (χ0n) is 16.1. The first-order chi connectivity index (χ1) is 13.2. The highest BCUT2D eigenvalue weighted by Gasteiger charge is 2.14. The molecule has 0 aliphatic rings. The number of carbonyl (C=O) groups excluding carboxylic acids is 1. The van der Waals surface area contributed by atoms with Gasteiger partial charge in [0.05, 0.1) is 0 Å². The second-order valence-corrected chi connectivity index (χ2v) is 6.70. The Morgan fingerprint density at radius 1 is 0.926 bits per heavy atom. The third-order valence-electron chi connectivity index (χ3n) is 4.67. The van der Waals surface area contributed by atoms with Crippen molar-refractivity contribution >= 4 is 5.78 Å². The van der Waals surface area contributed by atoms with Crippen LogP contribution < -0.4 is 0 Å². The van der Waals surface area contributed by atoms with E-state index in [1.165, 1.54) is 5.56 Å². The Labute approximate surface area is 160 Å². The van der Waals surface area contributed by atoms with Gasteiger partial charge in [-0.2, -0.15) is 0 Å². The minimum Gasteiger partial charge on any atom is -0.311 e. The third kappa shape index (κ3) is 4.88. The minimum absolute atomic E-state index is 0.231. The molecule has 0 atom stereocenters. The molecule has 3 aromatic rings. The van der Waals surface area contributed by atoms with E-state index in [-0.39, 0.29) is 5.78 Å². The summed E-state index contributed by atoms with van der Waals surface area (Å²) in [6, 6.07) is 12.2. The van der Waals surface area contributed by atoms with Gasteiger partial charge in [0.1, 0.15) is 11.6 Å². The lowest BCUT2D eigenvalue weighted by molar-refractivity contribution is -0.118. The Hall–Kier alpha value is -2.82. The van der Waals surface area contributed by atoms with E-state index in [1.54, 1.807) is 12.4 Å². The fourth-order valence-corrected chi connectivity index (χ4v) is 3.25. The van der Waals surface area contributed by atoms with E-state index in [9.17, 15) is 4.79 Å². The van der Waals surface area contributed by atoms with Gasteiger partial charge < -0.3 is 4.57 Å². The summed E-state index contributed by atoms with van der Waals surface area (Å²) in [6.07, 6.45) is 7.28. The quantitative estimate of drug-likeness (QED) is 0.576. The topological polar surface area (TPSA) is 60.7 Å². The molecule has 0 bridgehead atoms. The van der Waals surface area contributed by atoms with Gasteiger partial charge in [0, 0.05) is 43.8 Å². The van der Waals surface area contributed by atoms with Crippen molar-refractivity contribution in [3.8, 4) is 11.4 Å². The van der Waals surface area contributed by atoms with Crippen molar-refractivity contribution in [2.45, 2.75) is 52.5 Å². The summed E-state index contributed by atoms with van der Waals surface area (Å²) >= 11 is 0. The predicted octanol–water partition coefficient (Wildman–Crippen LogP) is 4.06. The molecule has 0 saturated carbocycles. The van der Waals surface area contributed by atoms with Gasteiger partial charge in [-0.1, -0.05) is 37.6 Å². The molecule has 0 saturated heterocycles. The molecule has 0 amide bonds. The smallest absolute Gasteiger partial charge is 0.164 e. The van der Waals surface area contributed by atoms with Crippen molar-refractivity contribution < 1.29 is 4.79 Å². The number of hydrogen-bond donors (Lipinski definition) is 0. The van der Waals surface area contributed by atoms with Crippen LogP contribution in [0, 0.1) is 0 Å². The maximum Gasteiger partial charge on any atom is 0.164 e. The highest BCUT2D eigenvalue weighted by atomic mass is 16.1. The summed E-state index contributed by atoms with van der Waals surface area (Å²) in [4.78, 5) is 16.5. The molecule has 140 valence electrons. The Bertz CT molecular complexity index is 869. The van der Waals surface area contributed by atoms with Crippen LogP contribution in [0.2, 0.25) is 0 Å². The number of benzene rings is 1. The molecule has 5 heteroatoms. The van der Waals surface area contributed by atoms with Crippen LogP contribution >= 0.6 is 0 Å². The van der Waals surface area contributed by atoms with Crippen molar-refractivity contribution in [1.29, 1.82) is 0 Å². The average Bonchev–Trinajstić information content (AvgIpc) is 3.12. The summed E-state index contributed by atoms with van der Waals surface area (Å²) in [5.74, 6) is 1.92. The van der Waals surface area contributed by atoms with E-state index in [0.717, 1.165) is 42.2 Å². The number of pyridine rings is 1. The van der Waals surface area contributed by atoms with E-state index < -0.39 is 0 Å². The number of nitrogens with zero attached hydrogens (tertiary/aromatic N) is 4. The average molecular weight is 362 g/mol. The van der Waals surface area contributed by atoms with Crippen LogP contribution in [0.5, 0.6) is 0 Å². The third-order valence-corrected chi connectivity index (χ3v) is 4.67. The van der Waals surface area contributed by atoms with E-state index in [4.69, 9.17) is 0 Å². The van der Waals surface area contributed by atoms with Gasteiger partial charge in [0.15, 0.2) is 5.82 Å². The number of ketones is 1. The van der Waals surface area contributed by atoms with Gasteiger partial charge in [0.25, 0.3) is 0 Å². The molecule has 0 aliphatic heterocycles. The van der Waals surface area contributed by atoms with Crippen LogP contribution in [0.4, 0.5) is 0 Å². The fraction of sp³-hybridized carbons (Fsp3) is 0.364. The molecule has 0 radical (unpaired) electrons. The molecule has 1 aromatic carbocycles. The second-order valence-electron chi connectivity index (χ2n) is 6.70. The summed E-state index contributed by atoms with van der Waals surface area (Å²) < 4.78 is 2.07. The molecular formula is C22H26N4O. The molecule has 2 aromatic heterocycles. The number of rotatable bonds is 9. The standard InChI is InChI=1S/C22H26N4O/c1-3-5-17-6-8-18(9-7-17)16-20(27)10-11-21-24-25-22(26(21)4-2)19-12-14-23-15-13-19/h6-9,12-15H,3-5,10-11,16H2,1-2H3. The molecule has 0 N–H and O–H groups in total. The fourth-order valence-electron chi connectivity index (χ4n) is 3.25. The summed E-state index contributed by atoms with van der Waals surface area (Å²) in [5.41, 5.74) is 3.40. The van der Waals surface area contributed by atoms with Crippen LogP contribution in [-0.4, -0.2) is 25.5 Å². The second kappa shape index (κ2) is 9.21. The maximum absolute atomic E-state index is 12.4. The maximum atomic E-state index is 12.4. The predicted molar refractivity (Wildman–Crippen MR) is 106 cm³/mol. The minimum atomic E-state index is 0.231. The number of aromatic nitrogens is 4. The number of Topliss-reactive ketones (excluding diaryl/α,β-unsaturated/α-hetero) is 1. The first-order valence-corrected chi connectivity index (χ1v) is 9.63. The Morgan fingerprint density at radius 3 is 2.30 bits per heavy atom. The lowest BCUT2D eigenvalue weighted by Crippen LogP contribution is -2.09. The number of carbonyl (C=O) groups is 1. The summed E-state index contributed by atoms with van der Waals surface area (Å²) in [6.45, 7) is 5.01. The van der Waals surface area contributed by atoms with Gasteiger partial charge in [-0.05, 0) is 36.6 Å². The highest BCUT2D eigenvalue weighted by molar-refractivity contribution is 5.81. The van der Waals surface area contributed by atoms with Crippen molar-refractivity contribution in [2.75, 3.05) is 0 Å². The van der Waals surface area contributed by atoms with Crippen molar-refractivity contribution in [1.82, 2.24) is 19.7 Å². The molecule has 5 nitrogen and oxygen atoms in total. The number of hydrogen-bond acceptors (Lipinski definition) is 4. The molecule has 0 aliphatic carbocycles. The number of aryl methyl sites for hydroxylation is 2. The lowest BCUT2D eigenvalue weighted by atomic mass is 10.0. The molecule has 0 fully saturated rings. The monoisotopic (exact) mass is 362 g/mol.